The number of nitrogens with one attached hydrogen (secondary N) is 2. The molecule has 0 fully saturated rings. The van der Waals surface area contributed by atoms with Crippen LogP contribution in [0.15, 0.2) is 54.6 Å². The molecule has 2 N–H and O–H groups in total. The summed E-state index contributed by atoms with van der Waals surface area (Å²) in [6, 6.07) is 16.8. The maximum atomic E-state index is 12.2. The summed E-state index contributed by atoms with van der Waals surface area (Å²) < 4.78 is 5.43. The molecule has 27 heavy (non-hydrogen) atoms. The van der Waals surface area contributed by atoms with Crippen molar-refractivity contribution in [3.05, 3.63) is 70.5 Å². The summed E-state index contributed by atoms with van der Waals surface area (Å²) in [6.45, 7) is 1.76. The molecular formula is C20H15Cl2N3O2. The van der Waals surface area contributed by atoms with Crippen molar-refractivity contribution < 1.29 is 9.53 Å². The number of carbonyl (C=O) groups excluding carboxylic acids is 1. The second-order valence-electron chi connectivity index (χ2n) is 6.10. The molecule has 4 rings (SSSR count). The van der Waals surface area contributed by atoms with Crippen LogP contribution >= 0.6 is 23.2 Å². The predicted molar refractivity (Wildman–Crippen MR) is 109 cm³/mol. The van der Waals surface area contributed by atoms with E-state index in [1.807, 2.05) is 36.4 Å². The molecular weight excluding hydrogens is 385 g/mol. The summed E-state index contributed by atoms with van der Waals surface area (Å²) in [5, 5.41) is 5.58. The van der Waals surface area contributed by atoms with Crippen LogP contribution in [0.3, 0.4) is 0 Å². The van der Waals surface area contributed by atoms with Gasteiger partial charge < -0.3 is 9.72 Å². The lowest BCUT2D eigenvalue weighted by molar-refractivity contribution is 0.117. The minimum absolute atomic E-state index is 0.353. The minimum atomic E-state index is -0.605. The normalized spacial score (nSPS) is 12.3. The molecule has 5 nitrogen and oxygen atoms in total. The number of aromatic amines is 1. The third-order valence-corrected chi connectivity index (χ3v) is 4.97. The van der Waals surface area contributed by atoms with Gasteiger partial charge in [0.25, 0.3) is 0 Å². The number of ether oxygens (including phenoxy) is 1. The number of rotatable bonds is 3. The van der Waals surface area contributed by atoms with Gasteiger partial charge in [0, 0.05) is 11.1 Å². The molecule has 3 aromatic carbocycles. The SMILES string of the molecule is C[C@@H](OC(=O)Nc1ccc(Cl)c(Cl)c1)c1nc2ccc3ccccc3c2[nH]1. The van der Waals surface area contributed by atoms with Crippen LogP contribution in [0.5, 0.6) is 0 Å². The Morgan fingerprint density at radius 1 is 1.11 bits per heavy atom. The molecule has 7 heteroatoms. The molecule has 1 atom stereocenters. The van der Waals surface area contributed by atoms with Crippen molar-refractivity contribution in [2.45, 2.75) is 13.0 Å². The number of aromatic nitrogens is 2. The third kappa shape index (κ3) is 3.56. The molecule has 136 valence electrons. The predicted octanol–water partition coefficient (Wildman–Crippen LogP) is 6.33. The fourth-order valence-electron chi connectivity index (χ4n) is 2.90. The Labute approximate surface area is 165 Å². The first-order chi connectivity index (χ1) is 13.0. The van der Waals surface area contributed by atoms with E-state index in [1.165, 1.54) is 0 Å². The average Bonchev–Trinajstić information content (AvgIpc) is 3.10. The largest absolute Gasteiger partial charge is 0.438 e. The Kier molecular flexibility index (Phi) is 4.64. The van der Waals surface area contributed by atoms with Crippen molar-refractivity contribution in [2.75, 3.05) is 5.32 Å². The summed E-state index contributed by atoms with van der Waals surface area (Å²) in [7, 11) is 0. The molecule has 0 aliphatic carbocycles. The van der Waals surface area contributed by atoms with Crippen molar-refractivity contribution in [2.24, 2.45) is 0 Å². The molecule has 1 amide bonds. The van der Waals surface area contributed by atoms with E-state index >= 15 is 0 Å². The van der Waals surface area contributed by atoms with Crippen LogP contribution in [-0.2, 0) is 4.74 Å². The highest BCUT2D eigenvalue weighted by atomic mass is 35.5. The van der Waals surface area contributed by atoms with Gasteiger partial charge in [-0.2, -0.15) is 0 Å². The quantitative estimate of drug-likeness (QED) is 0.422. The number of halogens is 2. The van der Waals surface area contributed by atoms with E-state index < -0.39 is 12.2 Å². The van der Waals surface area contributed by atoms with E-state index in [1.54, 1.807) is 25.1 Å². The topological polar surface area (TPSA) is 67.0 Å². The zero-order valence-electron chi connectivity index (χ0n) is 14.3. The Balaban J connectivity index is 1.53. The van der Waals surface area contributed by atoms with Gasteiger partial charge in [0.1, 0.15) is 5.82 Å². The van der Waals surface area contributed by atoms with E-state index in [0.717, 1.165) is 21.8 Å². The van der Waals surface area contributed by atoms with Crippen molar-refractivity contribution in [1.29, 1.82) is 0 Å². The lowest BCUT2D eigenvalue weighted by Gasteiger charge is -2.12. The average molecular weight is 400 g/mol. The fourth-order valence-corrected chi connectivity index (χ4v) is 3.20. The van der Waals surface area contributed by atoms with E-state index in [2.05, 4.69) is 15.3 Å². The smallest absolute Gasteiger partial charge is 0.412 e. The van der Waals surface area contributed by atoms with E-state index in [-0.39, 0.29) is 0 Å². The Bertz CT molecular complexity index is 1160. The molecule has 0 aliphatic heterocycles. The third-order valence-electron chi connectivity index (χ3n) is 4.24. The number of H-pyrrole nitrogens is 1. The minimum Gasteiger partial charge on any atom is -0.438 e. The standard InChI is InChI=1S/C20H15Cl2N3O2/c1-11(27-20(26)23-13-7-8-15(21)16(22)10-13)19-24-17-9-6-12-4-2-3-5-14(12)18(17)25-19/h2-11H,1H3,(H,23,26)(H,24,25)/t11-/m1/s1. The van der Waals surface area contributed by atoms with Crippen molar-refractivity contribution in [3.63, 3.8) is 0 Å². The molecule has 0 spiro atoms. The van der Waals surface area contributed by atoms with Gasteiger partial charge in [0.15, 0.2) is 6.10 Å². The van der Waals surface area contributed by atoms with Crippen LogP contribution in [0, 0.1) is 0 Å². The number of carbonyl (C=O) groups is 1. The van der Waals surface area contributed by atoms with Gasteiger partial charge in [-0.15, -0.1) is 0 Å². The maximum Gasteiger partial charge on any atom is 0.412 e. The number of fused-ring (bicyclic) bond motifs is 3. The summed E-state index contributed by atoms with van der Waals surface area (Å²) >= 11 is 11.8. The summed E-state index contributed by atoms with van der Waals surface area (Å²) in [6.07, 6.45) is -1.16. The molecule has 0 bridgehead atoms. The molecule has 0 saturated carbocycles. The number of anilines is 1. The van der Waals surface area contributed by atoms with Crippen LogP contribution < -0.4 is 5.32 Å². The zero-order valence-corrected chi connectivity index (χ0v) is 15.8. The van der Waals surface area contributed by atoms with Gasteiger partial charge in [-0.05, 0) is 36.6 Å². The van der Waals surface area contributed by atoms with Gasteiger partial charge in [-0.3, -0.25) is 5.32 Å². The highest BCUT2D eigenvalue weighted by molar-refractivity contribution is 6.42. The Morgan fingerprint density at radius 2 is 1.93 bits per heavy atom. The van der Waals surface area contributed by atoms with E-state index in [0.29, 0.717) is 21.6 Å². The first-order valence-corrected chi connectivity index (χ1v) is 9.07. The molecule has 1 heterocycles. The van der Waals surface area contributed by atoms with Crippen LogP contribution in [0.4, 0.5) is 10.5 Å². The molecule has 0 radical (unpaired) electrons. The number of hydrogen-bond acceptors (Lipinski definition) is 3. The van der Waals surface area contributed by atoms with Crippen LogP contribution in [0.25, 0.3) is 21.8 Å². The Hall–Kier alpha value is -2.76. The summed E-state index contributed by atoms with van der Waals surface area (Å²) in [5.74, 6) is 0.575. The second kappa shape index (κ2) is 7.10. The summed E-state index contributed by atoms with van der Waals surface area (Å²) in [5.41, 5.74) is 2.24. The van der Waals surface area contributed by atoms with Gasteiger partial charge in [-0.25, -0.2) is 9.78 Å². The monoisotopic (exact) mass is 399 g/mol. The van der Waals surface area contributed by atoms with Gasteiger partial charge in [0.2, 0.25) is 0 Å². The van der Waals surface area contributed by atoms with Crippen molar-refractivity contribution in [3.8, 4) is 0 Å². The number of nitrogens with zero attached hydrogens (tertiary/aromatic N) is 1. The van der Waals surface area contributed by atoms with Crippen LogP contribution in [-0.4, -0.2) is 16.1 Å². The zero-order chi connectivity index (χ0) is 19.0. The van der Waals surface area contributed by atoms with Gasteiger partial charge in [-0.1, -0.05) is 53.5 Å². The molecule has 1 aromatic heterocycles. The van der Waals surface area contributed by atoms with Gasteiger partial charge >= 0.3 is 6.09 Å². The van der Waals surface area contributed by atoms with Crippen molar-refractivity contribution >= 4 is 56.8 Å². The number of hydrogen-bond donors (Lipinski definition) is 2. The van der Waals surface area contributed by atoms with E-state index in [4.69, 9.17) is 27.9 Å². The first kappa shape index (κ1) is 17.6. The number of amides is 1. The van der Waals surface area contributed by atoms with Crippen LogP contribution in [0.1, 0.15) is 18.9 Å². The van der Waals surface area contributed by atoms with E-state index in [9.17, 15) is 4.79 Å². The highest BCUT2D eigenvalue weighted by Crippen LogP contribution is 2.27. The van der Waals surface area contributed by atoms with Gasteiger partial charge in [0.05, 0.1) is 21.1 Å². The Morgan fingerprint density at radius 3 is 2.74 bits per heavy atom. The molecule has 0 aliphatic rings. The lowest BCUT2D eigenvalue weighted by Crippen LogP contribution is -2.16. The molecule has 0 saturated heterocycles. The summed E-state index contributed by atoms with van der Waals surface area (Å²) in [4.78, 5) is 20.0. The number of imidazole rings is 1. The first-order valence-electron chi connectivity index (χ1n) is 8.31. The fraction of sp³-hybridized carbons (Fsp3) is 0.100. The lowest BCUT2D eigenvalue weighted by atomic mass is 10.1. The maximum absolute atomic E-state index is 12.2. The second-order valence-corrected chi connectivity index (χ2v) is 6.92. The van der Waals surface area contributed by atoms with Crippen molar-refractivity contribution in [1.82, 2.24) is 9.97 Å². The number of benzene rings is 3. The molecule has 4 aromatic rings. The van der Waals surface area contributed by atoms with Crippen LogP contribution in [0.2, 0.25) is 10.0 Å². The molecule has 0 unspecified atom stereocenters. The highest BCUT2D eigenvalue weighted by Gasteiger charge is 2.17.